The Morgan fingerprint density at radius 1 is 0.275 bits per heavy atom. The smallest absolute Gasteiger partial charge is 0.136 e. The molecule has 51 heavy (non-hydrogen) atoms. The van der Waals surface area contributed by atoms with E-state index >= 15 is 0 Å². The Kier molecular flexibility index (Phi) is 6.02. The lowest BCUT2D eigenvalue weighted by molar-refractivity contribution is 0.669. The second kappa shape index (κ2) is 10.9. The topological polar surface area (TPSA) is 13.1 Å². The molecule has 1 heterocycles. The zero-order chi connectivity index (χ0) is 33.5. The summed E-state index contributed by atoms with van der Waals surface area (Å²) in [6, 6.07) is 66.3. The second-order valence-electron chi connectivity index (χ2n) is 13.6. The fraction of sp³-hybridized carbons (Fsp3) is 0. The Bertz CT molecular complexity index is 3130. The number of benzene rings is 10. The van der Waals surface area contributed by atoms with E-state index in [2.05, 4.69) is 182 Å². The maximum Gasteiger partial charge on any atom is 0.136 e. The van der Waals surface area contributed by atoms with Crippen molar-refractivity contribution in [1.29, 1.82) is 0 Å². The fourth-order valence-electron chi connectivity index (χ4n) is 8.56. The zero-order valence-corrected chi connectivity index (χ0v) is 27.7. The van der Waals surface area contributed by atoms with Crippen molar-refractivity contribution in [2.75, 3.05) is 0 Å². The third-order valence-corrected chi connectivity index (χ3v) is 10.8. The summed E-state index contributed by atoms with van der Waals surface area (Å²) in [5.41, 5.74) is 9.25. The van der Waals surface area contributed by atoms with Gasteiger partial charge in [-0.1, -0.05) is 158 Å². The summed E-state index contributed by atoms with van der Waals surface area (Å²) in [5, 5.41) is 14.7. The fourth-order valence-corrected chi connectivity index (χ4v) is 8.56. The molecule has 0 atom stereocenters. The molecule has 236 valence electrons. The third kappa shape index (κ3) is 4.22. The van der Waals surface area contributed by atoms with Crippen LogP contribution in [0.3, 0.4) is 0 Å². The van der Waals surface area contributed by atoms with Crippen LogP contribution in [0.4, 0.5) is 0 Å². The van der Waals surface area contributed by atoms with E-state index in [0.29, 0.717) is 0 Å². The molecule has 0 bridgehead atoms. The molecule has 0 saturated carbocycles. The van der Waals surface area contributed by atoms with Gasteiger partial charge in [-0.3, -0.25) is 0 Å². The molecular formula is C50H30O. The maximum absolute atomic E-state index is 6.56. The van der Waals surface area contributed by atoms with Crippen molar-refractivity contribution >= 4 is 75.8 Å². The number of furan rings is 1. The molecule has 0 aliphatic carbocycles. The minimum atomic E-state index is 0.909. The van der Waals surface area contributed by atoms with E-state index in [1.165, 1.54) is 87.2 Å². The van der Waals surface area contributed by atoms with Crippen molar-refractivity contribution in [2.24, 2.45) is 0 Å². The summed E-state index contributed by atoms with van der Waals surface area (Å²) in [4.78, 5) is 0. The van der Waals surface area contributed by atoms with Crippen LogP contribution in [0.25, 0.3) is 109 Å². The lowest BCUT2D eigenvalue weighted by atomic mass is 9.83. The summed E-state index contributed by atoms with van der Waals surface area (Å²) >= 11 is 0. The second-order valence-corrected chi connectivity index (χ2v) is 13.6. The van der Waals surface area contributed by atoms with Crippen molar-refractivity contribution in [2.45, 2.75) is 0 Å². The van der Waals surface area contributed by atoms with Crippen LogP contribution < -0.4 is 0 Å². The molecule has 0 fully saturated rings. The number of rotatable bonds is 3. The van der Waals surface area contributed by atoms with Crippen LogP contribution in [0, 0.1) is 0 Å². The molecule has 11 aromatic rings. The van der Waals surface area contributed by atoms with Gasteiger partial charge in [0.05, 0.1) is 0 Å². The number of fused-ring (bicyclic) bond motifs is 9. The van der Waals surface area contributed by atoms with Crippen LogP contribution in [-0.4, -0.2) is 0 Å². The van der Waals surface area contributed by atoms with E-state index < -0.39 is 0 Å². The predicted molar refractivity (Wildman–Crippen MR) is 218 cm³/mol. The van der Waals surface area contributed by atoms with E-state index in [9.17, 15) is 0 Å². The Labute approximate surface area is 294 Å². The molecule has 11 rings (SSSR count). The monoisotopic (exact) mass is 646 g/mol. The highest BCUT2D eigenvalue weighted by atomic mass is 16.3. The van der Waals surface area contributed by atoms with Gasteiger partial charge in [-0.05, 0) is 112 Å². The van der Waals surface area contributed by atoms with Gasteiger partial charge in [0, 0.05) is 10.8 Å². The average Bonchev–Trinajstić information content (AvgIpc) is 3.56. The molecule has 1 aromatic heterocycles. The summed E-state index contributed by atoms with van der Waals surface area (Å²) < 4.78 is 6.56. The summed E-state index contributed by atoms with van der Waals surface area (Å²) in [6.07, 6.45) is 0. The highest BCUT2D eigenvalue weighted by Gasteiger charge is 2.21. The average molecular weight is 647 g/mol. The van der Waals surface area contributed by atoms with Crippen molar-refractivity contribution in [3.05, 3.63) is 182 Å². The van der Waals surface area contributed by atoms with Gasteiger partial charge >= 0.3 is 0 Å². The standard InChI is InChI=1S/C50H30O/c1-2-12-31(13-3-1)34-24-26-36-35(28-34)25-27-38-37(36)20-10-21-39(38)48-40-16-6-8-18-42(40)49(43-19-9-7-17-41(43)48)44-22-11-23-46-50(44)45-29-32-14-4-5-15-33(32)30-47(45)51-46/h1-30H. The summed E-state index contributed by atoms with van der Waals surface area (Å²) in [6.45, 7) is 0. The highest BCUT2D eigenvalue weighted by molar-refractivity contribution is 6.28. The molecule has 0 spiro atoms. The Balaban J connectivity index is 1.20. The van der Waals surface area contributed by atoms with E-state index in [4.69, 9.17) is 4.42 Å². The lowest BCUT2D eigenvalue weighted by Gasteiger charge is -2.19. The van der Waals surface area contributed by atoms with E-state index in [0.717, 1.165) is 21.9 Å². The first-order valence-electron chi connectivity index (χ1n) is 17.6. The molecule has 0 amide bonds. The largest absolute Gasteiger partial charge is 0.456 e. The first-order valence-corrected chi connectivity index (χ1v) is 17.6. The van der Waals surface area contributed by atoms with Gasteiger partial charge in [-0.15, -0.1) is 0 Å². The van der Waals surface area contributed by atoms with Crippen molar-refractivity contribution in [3.8, 4) is 33.4 Å². The van der Waals surface area contributed by atoms with Gasteiger partial charge in [0.25, 0.3) is 0 Å². The van der Waals surface area contributed by atoms with E-state index in [1.807, 2.05) is 0 Å². The van der Waals surface area contributed by atoms with Crippen molar-refractivity contribution in [1.82, 2.24) is 0 Å². The summed E-state index contributed by atoms with van der Waals surface area (Å²) in [7, 11) is 0. The molecule has 0 N–H and O–H groups in total. The maximum atomic E-state index is 6.56. The highest BCUT2D eigenvalue weighted by Crippen LogP contribution is 2.48. The van der Waals surface area contributed by atoms with E-state index in [-0.39, 0.29) is 0 Å². The van der Waals surface area contributed by atoms with Crippen LogP contribution in [0.1, 0.15) is 0 Å². The predicted octanol–water partition coefficient (Wildman–Crippen LogP) is 14.4. The number of hydrogen-bond acceptors (Lipinski definition) is 1. The van der Waals surface area contributed by atoms with Gasteiger partial charge < -0.3 is 4.42 Å². The molecule has 0 aliphatic heterocycles. The van der Waals surface area contributed by atoms with E-state index in [1.54, 1.807) is 0 Å². The van der Waals surface area contributed by atoms with Gasteiger partial charge in [0.1, 0.15) is 11.2 Å². The first-order chi connectivity index (χ1) is 25.3. The molecule has 0 aliphatic rings. The molecule has 1 heteroatoms. The lowest BCUT2D eigenvalue weighted by Crippen LogP contribution is -1.92. The van der Waals surface area contributed by atoms with Gasteiger partial charge in [-0.2, -0.15) is 0 Å². The quantitative estimate of drug-likeness (QED) is 0.138. The van der Waals surface area contributed by atoms with Crippen LogP contribution in [0.15, 0.2) is 186 Å². The summed E-state index contributed by atoms with van der Waals surface area (Å²) in [5.74, 6) is 0. The van der Waals surface area contributed by atoms with Crippen LogP contribution >= 0.6 is 0 Å². The normalized spacial score (nSPS) is 11.9. The Hall–Kier alpha value is -6.70. The first kappa shape index (κ1) is 28.2. The van der Waals surface area contributed by atoms with Gasteiger partial charge in [0.15, 0.2) is 0 Å². The van der Waals surface area contributed by atoms with Crippen molar-refractivity contribution in [3.63, 3.8) is 0 Å². The van der Waals surface area contributed by atoms with Crippen LogP contribution in [0.5, 0.6) is 0 Å². The minimum absolute atomic E-state index is 0.909. The molecular weight excluding hydrogens is 617 g/mol. The van der Waals surface area contributed by atoms with Gasteiger partial charge in [-0.25, -0.2) is 0 Å². The van der Waals surface area contributed by atoms with Crippen molar-refractivity contribution < 1.29 is 4.42 Å². The minimum Gasteiger partial charge on any atom is -0.456 e. The molecule has 0 saturated heterocycles. The third-order valence-electron chi connectivity index (χ3n) is 10.8. The zero-order valence-electron chi connectivity index (χ0n) is 27.7. The van der Waals surface area contributed by atoms with Crippen LogP contribution in [-0.2, 0) is 0 Å². The molecule has 10 aromatic carbocycles. The van der Waals surface area contributed by atoms with Gasteiger partial charge in [0.2, 0.25) is 0 Å². The Morgan fingerprint density at radius 3 is 1.61 bits per heavy atom. The molecule has 0 unspecified atom stereocenters. The Morgan fingerprint density at radius 2 is 0.863 bits per heavy atom. The molecule has 0 radical (unpaired) electrons. The molecule has 1 nitrogen and oxygen atoms in total. The number of hydrogen-bond donors (Lipinski definition) is 0. The SMILES string of the molecule is c1ccc(-c2ccc3c(ccc4c(-c5c6ccccc6c(-c6cccc7oc8cc9ccccc9cc8c67)c6ccccc56)cccc43)c2)cc1. The van der Waals surface area contributed by atoms with Crippen LogP contribution in [0.2, 0.25) is 0 Å².